The van der Waals surface area contributed by atoms with E-state index >= 15 is 0 Å². The Balaban J connectivity index is 2.04. The Morgan fingerprint density at radius 1 is 1.42 bits per heavy atom. The fourth-order valence-electron chi connectivity index (χ4n) is 2.74. The van der Waals surface area contributed by atoms with Crippen molar-refractivity contribution in [2.24, 2.45) is 0 Å². The molecule has 0 saturated carbocycles. The van der Waals surface area contributed by atoms with E-state index in [1.807, 2.05) is 30.7 Å². The van der Waals surface area contributed by atoms with E-state index in [-0.39, 0.29) is 5.41 Å². The lowest BCUT2D eigenvalue weighted by molar-refractivity contribution is 0.414. The van der Waals surface area contributed by atoms with Crippen molar-refractivity contribution < 1.29 is 4.74 Å². The summed E-state index contributed by atoms with van der Waals surface area (Å²) < 4.78 is 7.46. The van der Waals surface area contributed by atoms with Crippen LogP contribution in [-0.4, -0.2) is 29.8 Å². The molecule has 4 heteroatoms. The predicted molar refractivity (Wildman–Crippen MR) is 75.0 cm³/mol. The van der Waals surface area contributed by atoms with E-state index in [0.717, 1.165) is 30.9 Å². The van der Waals surface area contributed by atoms with Crippen molar-refractivity contribution in [2.45, 2.75) is 18.8 Å². The minimum Gasteiger partial charge on any atom is -0.497 e. The van der Waals surface area contributed by atoms with Gasteiger partial charge < -0.3 is 14.6 Å². The first kappa shape index (κ1) is 12.2. The SMILES string of the molecule is COc1cccc(-n2cncc2C2(C)CCNC2)c1. The van der Waals surface area contributed by atoms with Crippen molar-refractivity contribution >= 4 is 0 Å². The highest BCUT2D eigenvalue weighted by atomic mass is 16.5. The molecule has 1 atom stereocenters. The third-order valence-electron chi connectivity index (χ3n) is 3.96. The van der Waals surface area contributed by atoms with E-state index in [1.54, 1.807) is 7.11 Å². The van der Waals surface area contributed by atoms with E-state index in [0.29, 0.717) is 0 Å². The van der Waals surface area contributed by atoms with Crippen LogP contribution in [0.3, 0.4) is 0 Å². The molecule has 0 aliphatic carbocycles. The van der Waals surface area contributed by atoms with Gasteiger partial charge in [-0.2, -0.15) is 0 Å². The highest BCUT2D eigenvalue weighted by Gasteiger charge is 2.33. The Morgan fingerprint density at radius 2 is 2.32 bits per heavy atom. The van der Waals surface area contributed by atoms with Crippen molar-refractivity contribution in [1.82, 2.24) is 14.9 Å². The molecule has 1 aromatic heterocycles. The second-order valence-electron chi connectivity index (χ2n) is 5.34. The molecular formula is C15H19N3O. The number of hydrogen-bond acceptors (Lipinski definition) is 3. The molecular weight excluding hydrogens is 238 g/mol. The van der Waals surface area contributed by atoms with Crippen LogP contribution in [0.4, 0.5) is 0 Å². The number of nitrogens with zero attached hydrogens (tertiary/aromatic N) is 2. The Kier molecular flexibility index (Phi) is 3.03. The highest BCUT2D eigenvalue weighted by Crippen LogP contribution is 2.31. The zero-order valence-corrected chi connectivity index (χ0v) is 11.4. The molecule has 0 radical (unpaired) electrons. The lowest BCUT2D eigenvalue weighted by Crippen LogP contribution is -2.27. The number of methoxy groups -OCH3 is 1. The molecule has 1 N–H and O–H groups in total. The van der Waals surface area contributed by atoms with Gasteiger partial charge in [-0.05, 0) is 25.1 Å². The van der Waals surface area contributed by atoms with Gasteiger partial charge in [0.25, 0.3) is 0 Å². The molecule has 1 aliphatic heterocycles. The minimum atomic E-state index is 0.152. The molecule has 2 heterocycles. The maximum atomic E-state index is 5.30. The smallest absolute Gasteiger partial charge is 0.120 e. The van der Waals surface area contributed by atoms with Crippen molar-refractivity contribution in [1.29, 1.82) is 0 Å². The van der Waals surface area contributed by atoms with Crippen LogP contribution in [0.2, 0.25) is 0 Å². The number of rotatable bonds is 3. The van der Waals surface area contributed by atoms with Gasteiger partial charge in [0, 0.05) is 29.9 Å². The van der Waals surface area contributed by atoms with Gasteiger partial charge in [-0.1, -0.05) is 13.0 Å². The molecule has 0 spiro atoms. The van der Waals surface area contributed by atoms with E-state index < -0.39 is 0 Å². The zero-order chi connectivity index (χ0) is 13.3. The molecule has 1 saturated heterocycles. The van der Waals surface area contributed by atoms with E-state index in [1.165, 1.54) is 5.69 Å². The normalized spacial score (nSPS) is 22.6. The molecule has 1 aliphatic rings. The largest absolute Gasteiger partial charge is 0.497 e. The van der Waals surface area contributed by atoms with E-state index in [4.69, 9.17) is 4.74 Å². The van der Waals surface area contributed by atoms with Crippen molar-refractivity contribution in [3.8, 4) is 11.4 Å². The third-order valence-corrected chi connectivity index (χ3v) is 3.96. The summed E-state index contributed by atoms with van der Waals surface area (Å²) in [6.07, 6.45) is 5.00. The molecule has 1 aromatic carbocycles. The Bertz CT molecular complexity index is 570. The number of nitrogens with one attached hydrogen (secondary N) is 1. The first-order valence-corrected chi connectivity index (χ1v) is 6.61. The van der Waals surface area contributed by atoms with E-state index in [9.17, 15) is 0 Å². The van der Waals surface area contributed by atoms with Crippen LogP contribution in [-0.2, 0) is 5.41 Å². The lowest BCUT2D eigenvalue weighted by atomic mass is 9.86. The molecule has 1 fully saturated rings. The number of aromatic nitrogens is 2. The number of hydrogen-bond donors (Lipinski definition) is 1. The van der Waals surface area contributed by atoms with Gasteiger partial charge in [-0.3, -0.25) is 0 Å². The van der Waals surface area contributed by atoms with Crippen molar-refractivity contribution in [3.05, 3.63) is 42.5 Å². The van der Waals surface area contributed by atoms with Gasteiger partial charge in [0.15, 0.2) is 0 Å². The van der Waals surface area contributed by atoms with Gasteiger partial charge >= 0.3 is 0 Å². The highest BCUT2D eigenvalue weighted by molar-refractivity contribution is 5.41. The maximum Gasteiger partial charge on any atom is 0.120 e. The molecule has 4 nitrogen and oxygen atoms in total. The molecule has 100 valence electrons. The molecule has 3 rings (SSSR count). The topological polar surface area (TPSA) is 39.1 Å². The van der Waals surface area contributed by atoms with Crippen LogP contribution in [0, 0.1) is 0 Å². The van der Waals surface area contributed by atoms with Gasteiger partial charge in [0.05, 0.1) is 19.1 Å². The molecule has 2 aromatic rings. The van der Waals surface area contributed by atoms with Crippen molar-refractivity contribution in [3.63, 3.8) is 0 Å². The summed E-state index contributed by atoms with van der Waals surface area (Å²) >= 11 is 0. The van der Waals surface area contributed by atoms with Crippen LogP contribution in [0.15, 0.2) is 36.8 Å². The Hall–Kier alpha value is -1.81. The standard InChI is InChI=1S/C15H19N3O/c1-15(6-7-16-10-15)14-9-17-11-18(14)12-4-3-5-13(8-12)19-2/h3-5,8-9,11,16H,6-7,10H2,1-2H3. The Morgan fingerprint density at radius 3 is 3.05 bits per heavy atom. The van der Waals surface area contributed by atoms with E-state index in [2.05, 4.69) is 27.9 Å². The van der Waals surface area contributed by atoms with Crippen molar-refractivity contribution in [2.75, 3.05) is 20.2 Å². The summed E-state index contributed by atoms with van der Waals surface area (Å²) in [5.74, 6) is 0.867. The second-order valence-corrected chi connectivity index (χ2v) is 5.34. The maximum absolute atomic E-state index is 5.30. The summed E-state index contributed by atoms with van der Waals surface area (Å²) in [5.41, 5.74) is 2.50. The number of imidazole rings is 1. The number of ether oxygens (including phenoxy) is 1. The summed E-state index contributed by atoms with van der Waals surface area (Å²) in [7, 11) is 1.69. The minimum absolute atomic E-state index is 0.152. The van der Waals surface area contributed by atoms with Crippen LogP contribution in [0.1, 0.15) is 19.0 Å². The second kappa shape index (κ2) is 4.70. The predicted octanol–water partition coefficient (Wildman–Crippen LogP) is 2.13. The van der Waals surface area contributed by atoms with Crippen LogP contribution in [0.25, 0.3) is 5.69 Å². The summed E-state index contributed by atoms with van der Waals surface area (Å²) in [6.45, 7) is 4.36. The number of benzene rings is 1. The molecule has 1 unspecified atom stereocenters. The Labute approximate surface area is 113 Å². The first-order chi connectivity index (χ1) is 9.23. The van der Waals surface area contributed by atoms with Gasteiger partial charge in [0.2, 0.25) is 0 Å². The quantitative estimate of drug-likeness (QED) is 0.915. The first-order valence-electron chi connectivity index (χ1n) is 6.61. The zero-order valence-electron chi connectivity index (χ0n) is 11.4. The van der Waals surface area contributed by atoms with Gasteiger partial charge in [-0.15, -0.1) is 0 Å². The fourth-order valence-corrected chi connectivity index (χ4v) is 2.74. The third kappa shape index (κ3) is 2.12. The van der Waals surface area contributed by atoms with Gasteiger partial charge in [0.1, 0.15) is 5.75 Å². The lowest BCUT2D eigenvalue weighted by Gasteiger charge is -2.24. The monoisotopic (exact) mass is 257 g/mol. The average molecular weight is 257 g/mol. The molecule has 19 heavy (non-hydrogen) atoms. The fraction of sp³-hybridized carbons (Fsp3) is 0.400. The van der Waals surface area contributed by atoms with Crippen LogP contribution in [0.5, 0.6) is 5.75 Å². The summed E-state index contributed by atoms with van der Waals surface area (Å²) in [5, 5.41) is 3.44. The van der Waals surface area contributed by atoms with Crippen LogP contribution < -0.4 is 10.1 Å². The van der Waals surface area contributed by atoms with Crippen LogP contribution >= 0.6 is 0 Å². The summed E-state index contributed by atoms with van der Waals surface area (Å²) in [6, 6.07) is 8.09. The molecule has 0 amide bonds. The summed E-state index contributed by atoms with van der Waals surface area (Å²) in [4.78, 5) is 4.34. The van der Waals surface area contributed by atoms with Gasteiger partial charge in [-0.25, -0.2) is 4.98 Å². The average Bonchev–Trinajstić information content (AvgIpc) is 3.08. The molecule has 0 bridgehead atoms.